The van der Waals surface area contributed by atoms with Crippen LogP contribution < -0.4 is 5.32 Å². The average Bonchev–Trinajstić information content (AvgIpc) is 3.22. The number of hydrogen-bond acceptors (Lipinski definition) is 5. The maximum Gasteiger partial charge on any atom is 0.243 e. The highest BCUT2D eigenvalue weighted by Crippen LogP contribution is 2.41. The first-order valence-corrected chi connectivity index (χ1v) is 8.31. The number of carbonyl (C=O) groups is 2. The molecular weight excluding hydrogens is 314 g/mol. The van der Waals surface area contributed by atoms with Crippen molar-refractivity contribution >= 4 is 23.6 Å². The predicted molar refractivity (Wildman–Crippen MR) is 86.3 cm³/mol. The van der Waals surface area contributed by atoms with Crippen LogP contribution in [0.25, 0.3) is 0 Å². The fourth-order valence-corrected chi connectivity index (χ4v) is 4.03. The van der Waals surface area contributed by atoms with Crippen LogP contribution in [0.2, 0.25) is 0 Å². The van der Waals surface area contributed by atoms with Crippen molar-refractivity contribution in [2.45, 2.75) is 24.9 Å². The highest BCUT2D eigenvalue weighted by molar-refractivity contribution is 7.99. The van der Waals surface area contributed by atoms with E-state index in [4.69, 9.17) is 4.42 Å². The molecule has 0 aliphatic carbocycles. The van der Waals surface area contributed by atoms with Gasteiger partial charge in [-0.05, 0) is 17.7 Å². The van der Waals surface area contributed by atoms with Crippen LogP contribution in [0.1, 0.15) is 23.4 Å². The fourth-order valence-electron chi connectivity index (χ4n) is 2.57. The van der Waals surface area contributed by atoms with Gasteiger partial charge in [0, 0.05) is 37.2 Å². The monoisotopic (exact) mass is 331 g/mol. The number of aromatic nitrogens is 1. The fraction of sp³-hybridized carbons (Fsp3) is 0.312. The van der Waals surface area contributed by atoms with Crippen molar-refractivity contribution in [3.8, 4) is 0 Å². The van der Waals surface area contributed by atoms with Crippen LogP contribution in [0.3, 0.4) is 0 Å². The third-order valence-electron chi connectivity index (χ3n) is 3.68. The van der Waals surface area contributed by atoms with Crippen LogP contribution in [0.5, 0.6) is 0 Å². The molecular formula is C16H17N3O3S. The Morgan fingerprint density at radius 1 is 1.48 bits per heavy atom. The SMILES string of the molecule is CC(=O)N1C(C(=O)NCc2cccnc2)CSC1c1ccoc1. The van der Waals surface area contributed by atoms with Crippen molar-refractivity contribution < 1.29 is 14.0 Å². The van der Waals surface area contributed by atoms with Crippen LogP contribution in [0.4, 0.5) is 0 Å². The molecule has 0 bridgehead atoms. The summed E-state index contributed by atoms with van der Waals surface area (Å²) in [5.74, 6) is 0.291. The average molecular weight is 331 g/mol. The predicted octanol–water partition coefficient (Wildman–Crippen LogP) is 1.95. The maximum atomic E-state index is 12.5. The largest absolute Gasteiger partial charge is 0.472 e. The molecule has 7 heteroatoms. The summed E-state index contributed by atoms with van der Waals surface area (Å²) < 4.78 is 5.10. The van der Waals surface area contributed by atoms with E-state index in [1.165, 1.54) is 6.92 Å². The molecule has 1 aliphatic heterocycles. The zero-order valence-electron chi connectivity index (χ0n) is 12.6. The Hall–Kier alpha value is -2.28. The van der Waals surface area contributed by atoms with Crippen LogP contribution in [-0.4, -0.2) is 33.5 Å². The molecule has 2 atom stereocenters. The van der Waals surface area contributed by atoms with Crippen molar-refractivity contribution in [3.63, 3.8) is 0 Å². The minimum atomic E-state index is -0.478. The lowest BCUT2D eigenvalue weighted by Crippen LogP contribution is -2.47. The Morgan fingerprint density at radius 3 is 3.00 bits per heavy atom. The van der Waals surface area contributed by atoms with Gasteiger partial charge in [0.2, 0.25) is 11.8 Å². The highest BCUT2D eigenvalue weighted by atomic mass is 32.2. The van der Waals surface area contributed by atoms with Crippen LogP contribution in [-0.2, 0) is 16.1 Å². The van der Waals surface area contributed by atoms with Gasteiger partial charge in [-0.2, -0.15) is 0 Å². The molecule has 6 nitrogen and oxygen atoms in total. The first-order valence-electron chi connectivity index (χ1n) is 7.26. The molecule has 120 valence electrons. The van der Waals surface area contributed by atoms with Gasteiger partial charge in [-0.1, -0.05) is 6.07 Å². The summed E-state index contributed by atoms with van der Waals surface area (Å²) in [6.45, 7) is 1.89. The molecule has 1 fully saturated rings. The molecule has 1 saturated heterocycles. The number of furan rings is 1. The Morgan fingerprint density at radius 2 is 2.35 bits per heavy atom. The summed E-state index contributed by atoms with van der Waals surface area (Å²) in [4.78, 5) is 30.2. The molecule has 0 aromatic carbocycles. The van der Waals surface area contributed by atoms with E-state index in [1.807, 2.05) is 18.2 Å². The van der Waals surface area contributed by atoms with E-state index in [0.717, 1.165) is 11.1 Å². The van der Waals surface area contributed by atoms with Crippen LogP contribution >= 0.6 is 11.8 Å². The molecule has 0 radical (unpaired) electrons. The molecule has 2 amide bonds. The molecule has 3 heterocycles. The van der Waals surface area contributed by atoms with Gasteiger partial charge in [0.1, 0.15) is 11.4 Å². The topological polar surface area (TPSA) is 75.4 Å². The van der Waals surface area contributed by atoms with E-state index in [2.05, 4.69) is 10.3 Å². The normalized spacial score (nSPS) is 20.5. The summed E-state index contributed by atoms with van der Waals surface area (Å²) in [7, 11) is 0. The summed E-state index contributed by atoms with van der Waals surface area (Å²) >= 11 is 1.57. The number of carbonyl (C=O) groups excluding carboxylic acids is 2. The van der Waals surface area contributed by atoms with E-state index in [9.17, 15) is 9.59 Å². The quantitative estimate of drug-likeness (QED) is 0.927. The maximum absolute atomic E-state index is 12.5. The summed E-state index contributed by atoms with van der Waals surface area (Å²) in [6, 6.07) is 5.06. The zero-order chi connectivity index (χ0) is 16.2. The van der Waals surface area contributed by atoms with Crippen molar-refractivity contribution in [3.05, 3.63) is 54.2 Å². The molecule has 0 saturated carbocycles. The number of thioether (sulfide) groups is 1. The number of amides is 2. The number of nitrogens with one attached hydrogen (secondary N) is 1. The lowest BCUT2D eigenvalue weighted by Gasteiger charge is -2.27. The standard InChI is InChI=1S/C16H17N3O3S/c1-11(20)19-14(10-23-16(19)13-4-6-22-9-13)15(21)18-8-12-3-2-5-17-7-12/h2-7,9,14,16H,8,10H2,1H3,(H,18,21). The Balaban J connectivity index is 1.69. The molecule has 3 rings (SSSR count). The third kappa shape index (κ3) is 3.39. The molecule has 2 unspecified atom stereocenters. The van der Waals surface area contributed by atoms with E-state index < -0.39 is 6.04 Å². The second-order valence-electron chi connectivity index (χ2n) is 5.26. The van der Waals surface area contributed by atoms with Gasteiger partial charge in [-0.3, -0.25) is 14.6 Å². The minimum Gasteiger partial charge on any atom is -0.472 e. The molecule has 0 spiro atoms. The van der Waals surface area contributed by atoms with Gasteiger partial charge < -0.3 is 14.6 Å². The van der Waals surface area contributed by atoms with Crippen molar-refractivity contribution in [2.75, 3.05) is 5.75 Å². The summed E-state index contributed by atoms with van der Waals surface area (Å²) in [5, 5.41) is 2.70. The smallest absolute Gasteiger partial charge is 0.243 e. The lowest BCUT2D eigenvalue weighted by molar-refractivity contribution is -0.138. The number of rotatable bonds is 4. The van der Waals surface area contributed by atoms with E-state index >= 15 is 0 Å². The van der Waals surface area contributed by atoms with E-state index in [-0.39, 0.29) is 17.2 Å². The first kappa shape index (κ1) is 15.6. The van der Waals surface area contributed by atoms with Gasteiger partial charge in [0.05, 0.1) is 12.5 Å². The second kappa shape index (κ2) is 6.87. The third-order valence-corrected chi connectivity index (χ3v) is 5.01. The Kier molecular flexibility index (Phi) is 4.66. The first-order chi connectivity index (χ1) is 11.2. The van der Waals surface area contributed by atoms with Crippen molar-refractivity contribution in [2.24, 2.45) is 0 Å². The van der Waals surface area contributed by atoms with Gasteiger partial charge in [-0.25, -0.2) is 0 Å². The molecule has 1 aliphatic rings. The molecule has 1 N–H and O–H groups in total. The van der Waals surface area contributed by atoms with Gasteiger partial charge >= 0.3 is 0 Å². The van der Waals surface area contributed by atoms with Crippen molar-refractivity contribution in [1.82, 2.24) is 15.2 Å². The number of hydrogen-bond donors (Lipinski definition) is 1. The van der Waals surface area contributed by atoms with E-state index in [0.29, 0.717) is 12.3 Å². The minimum absolute atomic E-state index is 0.122. The second-order valence-corrected chi connectivity index (χ2v) is 6.38. The molecule has 2 aromatic heterocycles. The zero-order valence-corrected chi connectivity index (χ0v) is 13.5. The van der Waals surface area contributed by atoms with Gasteiger partial charge in [-0.15, -0.1) is 11.8 Å². The number of nitrogens with zero attached hydrogens (tertiary/aromatic N) is 2. The van der Waals surface area contributed by atoms with Crippen LogP contribution in [0.15, 0.2) is 47.5 Å². The van der Waals surface area contributed by atoms with Gasteiger partial charge in [0.15, 0.2) is 0 Å². The summed E-state index contributed by atoms with van der Waals surface area (Å²) in [5.41, 5.74) is 1.82. The van der Waals surface area contributed by atoms with E-state index in [1.54, 1.807) is 41.6 Å². The molecule has 23 heavy (non-hydrogen) atoms. The number of pyridine rings is 1. The summed E-state index contributed by atoms with van der Waals surface area (Å²) in [6.07, 6.45) is 6.58. The lowest BCUT2D eigenvalue weighted by atomic mass is 10.2. The Bertz CT molecular complexity index is 675. The van der Waals surface area contributed by atoms with Gasteiger partial charge in [0.25, 0.3) is 0 Å². The molecule has 2 aromatic rings. The Labute approximate surface area is 138 Å². The van der Waals surface area contributed by atoms with Crippen molar-refractivity contribution in [1.29, 1.82) is 0 Å². The highest BCUT2D eigenvalue weighted by Gasteiger charge is 2.41. The van der Waals surface area contributed by atoms with Crippen LogP contribution in [0, 0.1) is 0 Å².